The highest BCUT2D eigenvalue weighted by atomic mass is 31.1. The monoisotopic (exact) mass is 460 g/mol. The van der Waals surface area contributed by atoms with Crippen LogP contribution in [0.1, 0.15) is 57.2 Å². The molecule has 1 atom stereocenters. The summed E-state index contributed by atoms with van der Waals surface area (Å²) in [6.07, 6.45) is 2.26. The van der Waals surface area contributed by atoms with E-state index in [2.05, 4.69) is 111 Å². The Bertz CT molecular complexity index is 1130. The van der Waals surface area contributed by atoms with E-state index >= 15 is 0 Å². The molecule has 4 rings (SSSR count). The third-order valence-corrected chi connectivity index (χ3v) is 10.6. The van der Waals surface area contributed by atoms with Gasteiger partial charge in [0.2, 0.25) is 0 Å². The molecule has 1 saturated heterocycles. The summed E-state index contributed by atoms with van der Waals surface area (Å²) in [5.74, 6) is 0.406. The number of Topliss-reactive ketones (excluding diaryl/α,β-unsaturated/α-hetero) is 1. The van der Waals surface area contributed by atoms with Gasteiger partial charge in [-0.1, -0.05) is 108 Å². The Hall–Kier alpha value is -1.81. The van der Waals surface area contributed by atoms with E-state index in [1.54, 1.807) is 0 Å². The Labute approximate surface area is 197 Å². The van der Waals surface area contributed by atoms with Crippen molar-refractivity contribution in [2.24, 2.45) is 0 Å². The van der Waals surface area contributed by atoms with Gasteiger partial charge >= 0.3 is 0 Å². The van der Waals surface area contributed by atoms with E-state index in [1.807, 2.05) is 0 Å². The molecule has 0 N–H and O–H groups in total. The molecule has 0 radical (unpaired) electrons. The van der Waals surface area contributed by atoms with E-state index in [0.29, 0.717) is 18.6 Å². The van der Waals surface area contributed by atoms with E-state index in [-0.39, 0.29) is 10.3 Å². The van der Waals surface area contributed by atoms with E-state index < -0.39 is 7.92 Å². The molecule has 0 aliphatic carbocycles. The molecule has 0 aromatic heterocycles. The van der Waals surface area contributed by atoms with Gasteiger partial charge in [0.05, 0.1) is 0 Å². The number of benzene rings is 3. The molecule has 1 heterocycles. The van der Waals surface area contributed by atoms with Crippen LogP contribution in [0.15, 0.2) is 66.7 Å². The van der Waals surface area contributed by atoms with Crippen LogP contribution in [0, 0.1) is 6.92 Å². The van der Waals surface area contributed by atoms with Crippen LogP contribution in [0.25, 0.3) is 11.1 Å². The summed E-state index contributed by atoms with van der Waals surface area (Å²) < 4.78 is 0. The van der Waals surface area contributed by atoms with Crippen LogP contribution in [0.4, 0.5) is 0 Å². The smallest absolute Gasteiger partial charge is 0.134 e. The van der Waals surface area contributed by atoms with Crippen molar-refractivity contribution in [1.29, 1.82) is 0 Å². The average Bonchev–Trinajstić information content (AvgIpc) is 2.67. The molecule has 3 aromatic rings. The first-order valence-corrected chi connectivity index (χ1v) is 13.3. The van der Waals surface area contributed by atoms with Crippen molar-refractivity contribution in [2.75, 3.05) is 0 Å². The second kappa shape index (κ2) is 8.85. The molecule has 1 unspecified atom stereocenters. The maximum absolute atomic E-state index is 12.6. The van der Waals surface area contributed by atoms with Gasteiger partial charge in [-0.05, 0) is 56.5 Å². The van der Waals surface area contributed by atoms with Crippen LogP contribution in [0.5, 0.6) is 0 Å². The van der Waals surface area contributed by atoms with Gasteiger partial charge in [-0.15, -0.1) is 9.24 Å². The summed E-state index contributed by atoms with van der Waals surface area (Å²) in [5.41, 5.74) is 6.66. The van der Waals surface area contributed by atoms with Gasteiger partial charge in [0.25, 0.3) is 0 Å². The third-order valence-electron chi connectivity index (χ3n) is 6.52. The Morgan fingerprint density at radius 1 is 0.875 bits per heavy atom. The summed E-state index contributed by atoms with van der Waals surface area (Å²) in [6, 6.07) is 24.3. The second-order valence-electron chi connectivity index (χ2n) is 10.4. The average molecular weight is 461 g/mol. The fraction of sp³-hybridized carbons (Fsp3) is 0.345. The lowest BCUT2D eigenvalue weighted by Crippen LogP contribution is -2.43. The number of hydrogen-bond acceptors (Lipinski definition) is 1. The largest absolute Gasteiger partial charge is 0.300 e. The fourth-order valence-electron chi connectivity index (χ4n) is 5.71. The molecule has 1 aliphatic rings. The summed E-state index contributed by atoms with van der Waals surface area (Å²) >= 11 is 0. The van der Waals surface area contributed by atoms with Crippen molar-refractivity contribution in [1.82, 2.24) is 0 Å². The molecule has 1 aliphatic heterocycles. The highest BCUT2D eigenvalue weighted by molar-refractivity contribution is 7.69. The minimum atomic E-state index is -0.546. The predicted molar refractivity (Wildman–Crippen MR) is 144 cm³/mol. The Kier molecular flexibility index (Phi) is 6.46. The molecule has 3 heteroatoms. The van der Waals surface area contributed by atoms with Gasteiger partial charge in [-0.3, -0.25) is 4.79 Å². The highest BCUT2D eigenvalue weighted by Gasteiger charge is 2.48. The standard InChI is InChI=1S/C29H34OP2/c1-20-15-22(17-21-11-7-6-8-12-21)27(25(31)16-20)24-13-9-10-14-26(24)32-28(2,3)18-23(30)19-29(32,4)5/h6-16H,17-19,31H2,1-5H3. The molecule has 1 fully saturated rings. The van der Waals surface area contributed by atoms with Crippen LogP contribution in [0.2, 0.25) is 0 Å². The summed E-state index contributed by atoms with van der Waals surface area (Å²) in [6.45, 7) is 11.4. The quantitative estimate of drug-likeness (QED) is 0.392. The van der Waals surface area contributed by atoms with Gasteiger partial charge in [0, 0.05) is 12.8 Å². The molecule has 0 spiro atoms. The lowest BCUT2D eigenvalue weighted by molar-refractivity contribution is -0.120. The first-order valence-electron chi connectivity index (χ1n) is 11.4. The summed E-state index contributed by atoms with van der Waals surface area (Å²) in [4.78, 5) is 12.6. The molecule has 3 aromatic carbocycles. The van der Waals surface area contributed by atoms with E-state index in [4.69, 9.17) is 0 Å². The Morgan fingerprint density at radius 3 is 2.12 bits per heavy atom. The van der Waals surface area contributed by atoms with Crippen molar-refractivity contribution >= 4 is 33.6 Å². The van der Waals surface area contributed by atoms with E-state index in [1.165, 1.54) is 38.4 Å². The summed E-state index contributed by atoms with van der Waals surface area (Å²) in [7, 11) is 2.45. The van der Waals surface area contributed by atoms with Crippen molar-refractivity contribution in [3.05, 3.63) is 83.4 Å². The normalized spacial score (nSPS) is 18.0. The molecular formula is C29H34OP2. The minimum Gasteiger partial charge on any atom is -0.300 e. The van der Waals surface area contributed by atoms with Gasteiger partial charge < -0.3 is 0 Å². The first-order chi connectivity index (χ1) is 15.1. The Balaban J connectivity index is 1.91. The number of aryl methyl sites for hydroxylation is 1. The van der Waals surface area contributed by atoms with Crippen molar-refractivity contribution in [3.8, 4) is 11.1 Å². The number of hydrogen-bond donors (Lipinski definition) is 0. The molecule has 166 valence electrons. The maximum Gasteiger partial charge on any atom is 0.134 e. The lowest BCUT2D eigenvalue weighted by atomic mass is 9.93. The zero-order chi connectivity index (χ0) is 23.1. The van der Waals surface area contributed by atoms with Crippen LogP contribution in [0.3, 0.4) is 0 Å². The van der Waals surface area contributed by atoms with Gasteiger partial charge in [0.15, 0.2) is 0 Å². The topological polar surface area (TPSA) is 17.1 Å². The van der Waals surface area contributed by atoms with Crippen molar-refractivity contribution < 1.29 is 4.79 Å². The Morgan fingerprint density at radius 2 is 1.47 bits per heavy atom. The molecule has 0 bridgehead atoms. The molecule has 1 nitrogen and oxygen atoms in total. The fourth-order valence-corrected chi connectivity index (χ4v) is 10.6. The zero-order valence-corrected chi connectivity index (χ0v) is 22.0. The van der Waals surface area contributed by atoms with Crippen molar-refractivity contribution in [2.45, 2.75) is 64.2 Å². The number of rotatable bonds is 4. The first kappa shape index (κ1) is 23.4. The third kappa shape index (κ3) is 4.62. The van der Waals surface area contributed by atoms with Gasteiger partial charge in [-0.2, -0.15) is 0 Å². The molecule has 0 amide bonds. The lowest BCUT2D eigenvalue weighted by Gasteiger charge is -2.49. The van der Waals surface area contributed by atoms with Crippen LogP contribution < -0.4 is 10.6 Å². The highest BCUT2D eigenvalue weighted by Crippen LogP contribution is 2.65. The summed E-state index contributed by atoms with van der Waals surface area (Å²) in [5, 5.41) is 2.65. The minimum absolute atomic E-state index is 0.0182. The van der Waals surface area contributed by atoms with E-state index in [0.717, 1.165) is 6.42 Å². The van der Waals surface area contributed by atoms with E-state index in [9.17, 15) is 4.79 Å². The number of ketones is 1. The van der Waals surface area contributed by atoms with Gasteiger partial charge in [-0.25, -0.2) is 0 Å². The van der Waals surface area contributed by atoms with Crippen molar-refractivity contribution in [3.63, 3.8) is 0 Å². The predicted octanol–water partition coefficient (Wildman–Crippen LogP) is 6.78. The van der Waals surface area contributed by atoms with Crippen LogP contribution >= 0.6 is 17.2 Å². The maximum atomic E-state index is 12.6. The van der Waals surface area contributed by atoms with Crippen LogP contribution in [-0.4, -0.2) is 16.1 Å². The second-order valence-corrected chi connectivity index (χ2v) is 14.6. The van der Waals surface area contributed by atoms with Crippen LogP contribution in [-0.2, 0) is 11.2 Å². The molecular weight excluding hydrogens is 426 g/mol. The number of carbonyl (C=O) groups is 1. The molecule has 32 heavy (non-hydrogen) atoms. The SMILES string of the molecule is Cc1cc(P)c(-c2ccccc2P2C(C)(C)CC(=O)CC2(C)C)c(Cc2ccccc2)c1. The number of carbonyl (C=O) groups excluding carboxylic acids is 1. The van der Waals surface area contributed by atoms with Gasteiger partial charge in [0.1, 0.15) is 5.78 Å². The zero-order valence-electron chi connectivity index (χ0n) is 19.9. The molecule has 0 saturated carbocycles.